The molecule has 0 atom stereocenters. The summed E-state index contributed by atoms with van der Waals surface area (Å²) < 4.78 is 6.28. The van der Waals surface area contributed by atoms with E-state index in [2.05, 4.69) is 20.9 Å². The molecule has 0 saturated heterocycles. The Morgan fingerprint density at radius 2 is 1.79 bits per heavy atom. The van der Waals surface area contributed by atoms with Crippen LogP contribution >= 0.6 is 62.3 Å². The molecule has 0 aliphatic rings. The molecule has 2 aromatic rings. The van der Waals surface area contributed by atoms with Crippen molar-refractivity contribution < 1.29 is 4.74 Å². The molecule has 1 aromatic carbocycles. The second kappa shape index (κ2) is 6.51. The van der Waals surface area contributed by atoms with Gasteiger partial charge in [-0.25, -0.2) is 4.98 Å². The summed E-state index contributed by atoms with van der Waals surface area (Å²) in [6.45, 7) is 0.223. The van der Waals surface area contributed by atoms with Gasteiger partial charge in [-0.2, -0.15) is 0 Å². The number of rotatable bonds is 3. The molecule has 2 rings (SSSR count). The van der Waals surface area contributed by atoms with Gasteiger partial charge in [0.05, 0.1) is 10.0 Å². The molecule has 0 amide bonds. The zero-order valence-electron chi connectivity index (χ0n) is 9.26. The number of nitrogens with zero attached hydrogens (tertiary/aromatic N) is 1. The van der Waals surface area contributed by atoms with Gasteiger partial charge in [0.2, 0.25) is 0 Å². The van der Waals surface area contributed by atoms with Gasteiger partial charge in [-0.3, -0.25) is 0 Å². The zero-order chi connectivity index (χ0) is 14.0. The summed E-state index contributed by atoms with van der Waals surface area (Å²) in [5, 5.41) is 1.60. The van der Waals surface area contributed by atoms with Crippen LogP contribution in [0.5, 0.6) is 5.75 Å². The second-order valence-electron chi connectivity index (χ2n) is 3.57. The van der Waals surface area contributed by atoms with Crippen molar-refractivity contribution in [1.29, 1.82) is 0 Å². The monoisotopic (exact) mass is 399 g/mol. The molecule has 0 fully saturated rings. The number of hydrogen-bond acceptors (Lipinski definition) is 2. The lowest BCUT2D eigenvalue weighted by Crippen LogP contribution is -1.98. The number of ether oxygens (including phenoxy) is 1. The first-order valence-electron chi connectivity index (χ1n) is 5.05. The highest BCUT2D eigenvalue weighted by Crippen LogP contribution is 2.34. The van der Waals surface area contributed by atoms with Crippen LogP contribution in [0.1, 0.15) is 5.56 Å². The highest BCUT2D eigenvalue weighted by Gasteiger charge is 2.09. The van der Waals surface area contributed by atoms with Gasteiger partial charge in [0.15, 0.2) is 0 Å². The number of halogens is 5. The van der Waals surface area contributed by atoms with Crippen LogP contribution < -0.4 is 4.74 Å². The normalized spacial score (nSPS) is 10.6. The van der Waals surface area contributed by atoms with Crippen molar-refractivity contribution in [3.63, 3.8) is 0 Å². The third-order valence-corrected chi connectivity index (χ3v) is 4.28. The quantitative estimate of drug-likeness (QED) is 0.462. The Morgan fingerprint density at radius 3 is 2.47 bits per heavy atom. The van der Waals surface area contributed by atoms with Crippen LogP contribution in [0.25, 0.3) is 0 Å². The van der Waals surface area contributed by atoms with E-state index in [0.29, 0.717) is 36.1 Å². The molecule has 1 heterocycles. The minimum atomic E-state index is 0.223. The second-order valence-corrected chi connectivity index (χ2v) is 5.98. The Kier molecular flexibility index (Phi) is 5.21. The molecule has 0 aliphatic heterocycles. The SMILES string of the molecule is Clc1ccc(COc2cc(Cl)c(Br)cc2Cl)c(Cl)n1. The molecule has 2 nitrogen and oxygen atoms in total. The lowest BCUT2D eigenvalue weighted by molar-refractivity contribution is 0.306. The van der Waals surface area contributed by atoms with Crippen molar-refractivity contribution in [2.75, 3.05) is 0 Å². The molecule has 0 spiro atoms. The highest BCUT2D eigenvalue weighted by atomic mass is 79.9. The topological polar surface area (TPSA) is 22.1 Å². The molecule has 0 saturated carbocycles. The molecular weight excluding hydrogens is 396 g/mol. The molecule has 1 aromatic heterocycles. The highest BCUT2D eigenvalue weighted by molar-refractivity contribution is 9.10. The van der Waals surface area contributed by atoms with Crippen molar-refractivity contribution in [3.8, 4) is 5.75 Å². The van der Waals surface area contributed by atoms with Crippen molar-refractivity contribution in [3.05, 3.63) is 54.7 Å². The van der Waals surface area contributed by atoms with E-state index in [0.717, 1.165) is 0 Å². The van der Waals surface area contributed by atoms with Crippen LogP contribution in [0.15, 0.2) is 28.7 Å². The van der Waals surface area contributed by atoms with Gasteiger partial charge >= 0.3 is 0 Å². The summed E-state index contributed by atoms with van der Waals surface area (Å²) >= 11 is 27.0. The predicted molar refractivity (Wildman–Crippen MR) is 82.8 cm³/mol. The Balaban J connectivity index is 2.16. The van der Waals surface area contributed by atoms with E-state index >= 15 is 0 Å². The van der Waals surface area contributed by atoms with Gasteiger partial charge in [-0.1, -0.05) is 46.4 Å². The minimum Gasteiger partial charge on any atom is -0.487 e. The predicted octanol–water partition coefficient (Wildman–Crippen LogP) is 6.04. The molecule has 100 valence electrons. The Morgan fingerprint density at radius 1 is 1.05 bits per heavy atom. The van der Waals surface area contributed by atoms with E-state index in [1.807, 2.05) is 0 Å². The standard InChI is InChI=1S/C12H6BrCl4NO/c13-7-3-9(15)10(4-8(7)14)19-5-6-1-2-11(16)18-12(6)17/h1-4H,5H2. The summed E-state index contributed by atoms with van der Waals surface area (Å²) in [5.41, 5.74) is 0.709. The van der Waals surface area contributed by atoms with Crippen LogP contribution in [0, 0.1) is 0 Å². The molecule has 0 radical (unpaired) electrons. The van der Waals surface area contributed by atoms with E-state index in [1.165, 1.54) is 0 Å². The molecule has 19 heavy (non-hydrogen) atoms. The van der Waals surface area contributed by atoms with Gasteiger partial charge in [-0.15, -0.1) is 0 Å². The fourth-order valence-electron chi connectivity index (χ4n) is 1.32. The van der Waals surface area contributed by atoms with E-state index in [1.54, 1.807) is 24.3 Å². The summed E-state index contributed by atoms with van der Waals surface area (Å²) in [6, 6.07) is 6.68. The maximum atomic E-state index is 6.05. The third kappa shape index (κ3) is 3.89. The lowest BCUT2D eigenvalue weighted by Gasteiger charge is -2.10. The Labute approximate surface area is 138 Å². The van der Waals surface area contributed by atoms with Crippen molar-refractivity contribution >= 4 is 62.3 Å². The summed E-state index contributed by atoms with van der Waals surface area (Å²) in [7, 11) is 0. The van der Waals surface area contributed by atoms with Gasteiger partial charge < -0.3 is 4.74 Å². The van der Waals surface area contributed by atoms with E-state index in [4.69, 9.17) is 51.1 Å². The smallest absolute Gasteiger partial charge is 0.139 e. The fourth-order valence-corrected chi connectivity index (χ4v) is 2.57. The summed E-state index contributed by atoms with van der Waals surface area (Å²) in [6.07, 6.45) is 0. The first-order valence-corrected chi connectivity index (χ1v) is 7.36. The summed E-state index contributed by atoms with van der Waals surface area (Å²) in [4.78, 5) is 3.92. The van der Waals surface area contributed by atoms with Crippen molar-refractivity contribution in [2.24, 2.45) is 0 Å². The molecule has 0 unspecified atom stereocenters. The lowest BCUT2D eigenvalue weighted by atomic mass is 10.3. The molecule has 0 bridgehead atoms. The van der Waals surface area contributed by atoms with Crippen LogP contribution in [0.2, 0.25) is 20.4 Å². The van der Waals surface area contributed by atoms with Crippen LogP contribution in [-0.4, -0.2) is 4.98 Å². The van der Waals surface area contributed by atoms with Crippen LogP contribution in [0.4, 0.5) is 0 Å². The fraction of sp³-hybridized carbons (Fsp3) is 0.0833. The largest absolute Gasteiger partial charge is 0.487 e. The average Bonchev–Trinajstić information content (AvgIpc) is 2.34. The Hall–Kier alpha value is -0.190. The van der Waals surface area contributed by atoms with Gasteiger partial charge in [0.1, 0.15) is 22.7 Å². The first kappa shape index (κ1) is 15.2. The molecular formula is C12H6BrCl4NO. The molecule has 7 heteroatoms. The third-order valence-electron chi connectivity index (χ3n) is 2.25. The van der Waals surface area contributed by atoms with Gasteiger partial charge in [-0.05, 0) is 34.1 Å². The van der Waals surface area contributed by atoms with Crippen LogP contribution in [0.3, 0.4) is 0 Å². The number of pyridine rings is 1. The average molecular weight is 402 g/mol. The maximum Gasteiger partial charge on any atom is 0.139 e. The van der Waals surface area contributed by atoms with Gasteiger partial charge in [0.25, 0.3) is 0 Å². The van der Waals surface area contributed by atoms with Crippen molar-refractivity contribution in [1.82, 2.24) is 4.98 Å². The first-order chi connectivity index (χ1) is 8.97. The minimum absolute atomic E-state index is 0.223. The van der Waals surface area contributed by atoms with Crippen molar-refractivity contribution in [2.45, 2.75) is 6.61 Å². The Bertz CT molecular complexity index is 621. The summed E-state index contributed by atoms with van der Waals surface area (Å²) in [5.74, 6) is 0.473. The molecule has 0 N–H and O–H groups in total. The molecule has 0 aliphatic carbocycles. The van der Waals surface area contributed by atoms with E-state index < -0.39 is 0 Å². The zero-order valence-corrected chi connectivity index (χ0v) is 13.9. The van der Waals surface area contributed by atoms with E-state index in [-0.39, 0.29) is 6.61 Å². The number of aromatic nitrogens is 1. The van der Waals surface area contributed by atoms with E-state index in [9.17, 15) is 0 Å². The van der Waals surface area contributed by atoms with Crippen LogP contribution in [-0.2, 0) is 6.61 Å². The number of benzene rings is 1. The maximum absolute atomic E-state index is 6.05. The van der Waals surface area contributed by atoms with Gasteiger partial charge in [0, 0.05) is 16.1 Å². The number of hydrogen-bond donors (Lipinski definition) is 0.